The summed E-state index contributed by atoms with van der Waals surface area (Å²) in [5.41, 5.74) is 0. The van der Waals surface area contributed by atoms with Crippen LogP contribution in [0.5, 0.6) is 0 Å². The van der Waals surface area contributed by atoms with Gasteiger partial charge < -0.3 is 9.88 Å². The van der Waals surface area contributed by atoms with E-state index in [-0.39, 0.29) is 5.91 Å². The average Bonchev–Trinajstić information content (AvgIpc) is 2.70. The maximum Gasteiger partial charge on any atom is 0.295 e. The number of carbonyl (C=O) groups excluding carboxylic acids is 1. The molecule has 1 heterocycles. The van der Waals surface area contributed by atoms with Crippen LogP contribution >= 0.6 is 0 Å². The normalized spacial score (nSPS) is 9.13. The van der Waals surface area contributed by atoms with Gasteiger partial charge in [0, 0.05) is 25.5 Å². The van der Waals surface area contributed by atoms with E-state index in [4.69, 9.17) is 0 Å². The fourth-order valence-electron chi connectivity index (χ4n) is 1.20. The first-order valence-corrected chi connectivity index (χ1v) is 4.99. The summed E-state index contributed by atoms with van der Waals surface area (Å²) in [4.78, 5) is 14.9. The fourth-order valence-corrected chi connectivity index (χ4v) is 1.20. The molecule has 0 aromatic carbocycles. The van der Waals surface area contributed by atoms with Gasteiger partial charge in [0.2, 0.25) is 0 Å². The van der Waals surface area contributed by atoms with Crippen LogP contribution in [0.1, 0.15) is 19.8 Å². The summed E-state index contributed by atoms with van der Waals surface area (Å²) < 4.78 is 2.02. The lowest BCUT2D eigenvalue weighted by atomic mass is 10.3. The van der Waals surface area contributed by atoms with E-state index in [9.17, 15) is 4.79 Å². The van der Waals surface area contributed by atoms with Gasteiger partial charge in [0.15, 0.2) is 0 Å². The van der Waals surface area contributed by atoms with Crippen molar-refractivity contribution in [2.75, 3.05) is 6.54 Å². The number of aryl methyl sites for hydroxylation is 1. The van der Waals surface area contributed by atoms with Gasteiger partial charge in [0.25, 0.3) is 5.91 Å². The number of hydrogen-bond acceptors (Lipinski definition) is 2. The van der Waals surface area contributed by atoms with Crippen molar-refractivity contribution >= 4 is 5.91 Å². The van der Waals surface area contributed by atoms with Gasteiger partial charge in [0.1, 0.15) is 0 Å². The Bertz CT molecular complexity index is 346. The molecule has 15 heavy (non-hydrogen) atoms. The minimum Gasteiger partial charge on any atom is -0.345 e. The summed E-state index contributed by atoms with van der Waals surface area (Å²) in [6, 6.07) is 0. The highest BCUT2D eigenvalue weighted by Gasteiger charge is 1.94. The predicted molar refractivity (Wildman–Crippen MR) is 57.9 cm³/mol. The molecule has 1 aromatic rings. The summed E-state index contributed by atoms with van der Waals surface area (Å²) >= 11 is 0. The number of hydrogen-bond donors (Lipinski definition) is 1. The second-order valence-electron chi connectivity index (χ2n) is 3.14. The Kier molecular flexibility index (Phi) is 5.02. The van der Waals surface area contributed by atoms with Gasteiger partial charge in [-0.05, 0) is 25.7 Å². The van der Waals surface area contributed by atoms with Crippen LogP contribution < -0.4 is 5.32 Å². The van der Waals surface area contributed by atoms with Crippen LogP contribution in [0.25, 0.3) is 0 Å². The number of amides is 1. The maximum absolute atomic E-state index is 10.9. The second-order valence-corrected chi connectivity index (χ2v) is 3.14. The lowest BCUT2D eigenvalue weighted by molar-refractivity contribution is -0.115. The minimum absolute atomic E-state index is 0.194. The molecule has 1 amide bonds. The minimum atomic E-state index is -0.194. The SMILES string of the molecule is CC#CC(=O)NCCCCn1ccnc1. The van der Waals surface area contributed by atoms with Crippen molar-refractivity contribution in [1.29, 1.82) is 0 Å². The van der Waals surface area contributed by atoms with E-state index in [0.717, 1.165) is 19.4 Å². The first-order valence-electron chi connectivity index (χ1n) is 4.99. The first kappa shape index (κ1) is 11.3. The van der Waals surface area contributed by atoms with Crippen LogP contribution in [0.3, 0.4) is 0 Å². The zero-order valence-corrected chi connectivity index (χ0v) is 8.86. The Morgan fingerprint density at radius 3 is 3.07 bits per heavy atom. The number of rotatable bonds is 5. The molecular weight excluding hydrogens is 190 g/mol. The van der Waals surface area contributed by atoms with Crippen molar-refractivity contribution in [3.8, 4) is 11.8 Å². The number of nitrogens with zero attached hydrogens (tertiary/aromatic N) is 2. The number of aromatic nitrogens is 2. The molecule has 80 valence electrons. The van der Waals surface area contributed by atoms with E-state index in [0.29, 0.717) is 6.54 Å². The average molecular weight is 205 g/mol. The third kappa shape index (κ3) is 4.87. The Balaban J connectivity index is 2.02. The Labute approximate surface area is 89.7 Å². The quantitative estimate of drug-likeness (QED) is 0.571. The molecule has 4 heteroatoms. The molecule has 0 saturated carbocycles. The van der Waals surface area contributed by atoms with Gasteiger partial charge in [-0.3, -0.25) is 4.79 Å². The second kappa shape index (κ2) is 6.66. The van der Waals surface area contributed by atoms with Gasteiger partial charge in [-0.1, -0.05) is 5.92 Å². The van der Waals surface area contributed by atoms with Crippen LogP contribution in [-0.2, 0) is 11.3 Å². The van der Waals surface area contributed by atoms with Gasteiger partial charge in [-0.15, -0.1) is 0 Å². The lowest BCUT2D eigenvalue weighted by Crippen LogP contribution is -2.22. The Morgan fingerprint density at radius 1 is 1.53 bits per heavy atom. The Hall–Kier alpha value is -1.76. The molecule has 1 aromatic heterocycles. The number of nitrogens with one attached hydrogen (secondary N) is 1. The molecule has 0 fully saturated rings. The zero-order valence-electron chi connectivity index (χ0n) is 8.86. The first-order chi connectivity index (χ1) is 7.33. The summed E-state index contributed by atoms with van der Waals surface area (Å²) in [5, 5.41) is 2.73. The summed E-state index contributed by atoms with van der Waals surface area (Å²) in [6.45, 7) is 3.27. The van der Waals surface area contributed by atoms with Crippen LogP contribution in [-0.4, -0.2) is 22.0 Å². The predicted octanol–water partition coefficient (Wildman–Crippen LogP) is 0.803. The van der Waals surface area contributed by atoms with Crippen molar-refractivity contribution in [2.45, 2.75) is 26.3 Å². The number of imidazole rings is 1. The standard InChI is InChI=1S/C11H15N3O/c1-2-5-11(15)13-6-3-4-8-14-9-7-12-10-14/h7,9-10H,3-4,6,8H2,1H3,(H,13,15). The number of carbonyl (C=O) groups is 1. The molecule has 1 N–H and O–H groups in total. The van der Waals surface area contributed by atoms with Crippen molar-refractivity contribution in [3.05, 3.63) is 18.7 Å². The number of unbranched alkanes of at least 4 members (excludes halogenated alkanes) is 1. The van der Waals surface area contributed by atoms with E-state index in [1.807, 2.05) is 10.8 Å². The summed E-state index contributed by atoms with van der Waals surface area (Å²) in [6.07, 6.45) is 7.46. The van der Waals surface area contributed by atoms with Crippen LogP contribution in [0.2, 0.25) is 0 Å². The highest BCUT2D eigenvalue weighted by molar-refractivity contribution is 5.93. The molecule has 0 atom stereocenters. The molecule has 1 rings (SSSR count). The zero-order chi connectivity index (χ0) is 10.9. The summed E-state index contributed by atoms with van der Waals surface area (Å²) in [7, 11) is 0. The van der Waals surface area contributed by atoms with Crippen molar-refractivity contribution in [3.63, 3.8) is 0 Å². The van der Waals surface area contributed by atoms with Gasteiger partial charge in [-0.25, -0.2) is 4.98 Å². The molecule has 0 bridgehead atoms. The monoisotopic (exact) mass is 205 g/mol. The lowest BCUT2D eigenvalue weighted by Gasteiger charge is -2.02. The van der Waals surface area contributed by atoms with Crippen LogP contribution in [0.15, 0.2) is 18.7 Å². The van der Waals surface area contributed by atoms with Crippen molar-refractivity contribution in [1.82, 2.24) is 14.9 Å². The molecule has 0 saturated heterocycles. The summed E-state index contributed by atoms with van der Waals surface area (Å²) in [5.74, 6) is 4.80. The van der Waals surface area contributed by atoms with Crippen molar-refractivity contribution in [2.24, 2.45) is 0 Å². The molecule has 0 unspecified atom stereocenters. The highest BCUT2D eigenvalue weighted by atomic mass is 16.1. The molecular formula is C11H15N3O. The van der Waals surface area contributed by atoms with E-state index in [1.165, 1.54) is 0 Å². The van der Waals surface area contributed by atoms with E-state index >= 15 is 0 Å². The van der Waals surface area contributed by atoms with Gasteiger partial charge in [-0.2, -0.15) is 0 Å². The smallest absolute Gasteiger partial charge is 0.295 e. The van der Waals surface area contributed by atoms with Crippen LogP contribution in [0.4, 0.5) is 0 Å². The largest absolute Gasteiger partial charge is 0.345 e. The van der Waals surface area contributed by atoms with E-state index < -0.39 is 0 Å². The molecule has 4 nitrogen and oxygen atoms in total. The topological polar surface area (TPSA) is 46.9 Å². The fraction of sp³-hybridized carbons (Fsp3) is 0.455. The molecule has 0 spiro atoms. The molecule has 0 aliphatic carbocycles. The van der Waals surface area contributed by atoms with E-state index in [2.05, 4.69) is 22.1 Å². The van der Waals surface area contributed by atoms with Gasteiger partial charge in [0.05, 0.1) is 6.33 Å². The Morgan fingerprint density at radius 2 is 2.40 bits per heavy atom. The third-order valence-electron chi connectivity index (χ3n) is 1.93. The third-order valence-corrected chi connectivity index (χ3v) is 1.93. The van der Waals surface area contributed by atoms with Gasteiger partial charge >= 0.3 is 0 Å². The highest BCUT2D eigenvalue weighted by Crippen LogP contribution is 1.93. The molecule has 0 aliphatic heterocycles. The van der Waals surface area contributed by atoms with Crippen LogP contribution in [0, 0.1) is 11.8 Å². The maximum atomic E-state index is 10.9. The molecule has 0 aliphatic rings. The van der Waals surface area contributed by atoms with E-state index in [1.54, 1.807) is 19.4 Å². The molecule has 0 radical (unpaired) electrons. The van der Waals surface area contributed by atoms with Crippen molar-refractivity contribution < 1.29 is 4.79 Å².